The fourth-order valence-corrected chi connectivity index (χ4v) is 2.93. The Morgan fingerprint density at radius 2 is 2.19 bits per heavy atom. The van der Waals surface area contributed by atoms with Crippen LogP contribution in [0.15, 0.2) is 35.7 Å². The minimum Gasteiger partial charge on any atom is -0.478 e. The van der Waals surface area contributed by atoms with Crippen molar-refractivity contribution in [3.63, 3.8) is 0 Å². The first-order valence-corrected chi connectivity index (χ1v) is 7.63. The third-order valence-electron chi connectivity index (χ3n) is 2.81. The number of pyridine rings is 1. The molecule has 1 atom stereocenters. The number of carboxylic acids is 1. The van der Waals surface area contributed by atoms with Crippen molar-refractivity contribution in [2.45, 2.75) is 24.4 Å². The summed E-state index contributed by atoms with van der Waals surface area (Å²) >= 11 is 0. The van der Waals surface area contributed by atoms with Crippen LogP contribution in [0.2, 0.25) is 0 Å². The maximum atomic E-state index is 12.2. The molecule has 112 valence electrons. The van der Waals surface area contributed by atoms with Crippen LogP contribution in [0, 0.1) is 0 Å². The van der Waals surface area contributed by atoms with Gasteiger partial charge in [-0.05, 0) is 18.6 Å². The summed E-state index contributed by atoms with van der Waals surface area (Å²) in [5.74, 6) is -0.662. The van der Waals surface area contributed by atoms with Gasteiger partial charge >= 0.3 is 5.97 Å². The van der Waals surface area contributed by atoms with Crippen LogP contribution in [0.25, 0.3) is 0 Å². The Morgan fingerprint density at radius 1 is 1.43 bits per heavy atom. The van der Waals surface area contributed by atoms with Gasteiger partial charge in [0, 0.05) is 18.6 Å². The first-order chi connectivity index (χ1) is 9.94. The molecule has 0 aliphatic heterocycles. The number of sulfonamides is 1. The smallest absolute Gasteiger partial charge is 0.337 e. The fraction of sp³-hybridized carbons (Fsp3) is 0.250. The molecule has 1 unspecified atom stereocenters. The number of nitrogens with zero attached hydrogens (tertiary/aromatic N) is 2. The highest BCUT2D eigenvalue weighted by atomic mass is 32.2. The van der Waals surface area contributed by atoms with Crippen LogP contribution >= 0.6 is 0 Å². The zero-order valence-corrected chi connectivity index (χ0v) is 12.0. The molecule has 0 spiro atoms. The highest BCUT2D eigenvalue weighted by Crippen LogP contribution is 2.16. The molecule has 0 aliphatic rings. The predicted octanol–water partition coefficient (Wildman–Crippen LogP) is 0.933. The Hall–Kier alpha value is -2.26. The summed E-state index contributed by atoms with van der Waals surface area (Å²) < 4.78 is 26.9. The maximum absolute atomic E-state index is 12.2. The number of nitrogens with one attached hydrogen (secondary N) is 2. The Balaban J connectivity index is 2.23. The molecule has 2 rings (SSSR count). The SMILES string of the molecule is CCC(NS(=O)(=O)c1ccc(C(=O)O)cn1)c1ncc[nH]1. The van der Waals surface area contributed by atoms with E-state index >= 15 is 0 Å². The number of hydrogen-bond acceptors (Lipinski definition) is 5. The van der Waals surface area contributed by atoms with Crippen molar-refractivity contribution >= 4 is 16.0 Å². The van der Waals surface area contributed by atoms with Crippen LogP contribution in [-0.4, -0.2) is 34.4 Å². The van der Waals surface area contributed by atoms with Gasteiger partial charge in [-0.3, -0.25) is 0 Å². The molecule has 0 saturated carbocycles. The van der Waals surface area contributed by atoms with Crippen molar-refractivity contribution in [3.05, 3.63) is 42.1 Å². The van der Waals surface area contributed by atoms with Gasteiger partial charge in [0.15, 0.2) is 5.03 Å². The molecular weight excluding hydrogens is 296 g/mol. The van der Waals surface area contributed by atoms with Crippen molar-refractivity contribution in [2.75, 3.05) is 0 Å². The summed E-state index contributed by atoms with van der Waals surface area (Å²) in [4.78, 5) is 21.3. The van der Waals surface area contributed by atoms with E-state index in [1.807, 2.05) is 6.92 Å². The molecule has 0 bridgehead atoms. The van der Waals surface area contributed by atoms with E-state index in [1.54, 1.807) is 6.20 Å². The van der Waals surface area contributed by atoms with Crippen LogP contribution in [0.3, 0.4) is 0 Å². The van der Waals surface area contributed by atoms with Gasteiger partial charge in [0.2, 0.25) is 0 Å². The quantitative estimate of drug-likeness (QED) is 0.729. The second kappa shape index (κ2) is 6.02. The van der Waals surface area contributed by atoms with E-state index in [-0.39, 0.29) is 10.6 Å². The van der Waals surface area contributed by atoms with E-state index in [2.05, 4.69) is 19.7 Å². The lowest BCUT2D eigenvalue weighted by Crippen LogP contribution is -2.29. The van der Waals surface area contributed by atoms with Gasteiger partial charge in [-0.25, -0.2) is 23.2 Å². The number of imidazole rings is 1. The molecule has 0 aliphatic carbocycles. The highest BCUT2D eigenvalue weighted by molar-refractivity contribution is 7.89. The van der Waals surface area contributed by atoms with Gasteiger partial charge in [-0.1, -0.05) is 6.92 Å². The molecule has 0 fully saturated rings. The summed E-state index contributed by atoms with van der Waals surface area (Å²) in [5, 5.41) is 8.53. The topological polar surface area (TPSA) is 125 Å². The average Bonchev–Trinajstić information content (AvgIpc) is 2.99. The molecule has 2 heterocycles. The Kier molecular flexibility index (Phi) is 4.34. The Labute approximate surface area is 121 Å². The van der Waals surface area contributed by atoms with Crippen molar-refractivity contribution in [1.29, 1.82) is 0 Å². The summed E-state index contributed by atoms with van der Waals surface area (Å²) in [5.41, 5.74) is -0.0768. The first kappa shape index (κ1) is 15.1. The van der Waals surface area contributed by atoms with Gasteiger partial charge in [0.1, 0.15) is 5.82 Å². The predicted molar refractivity (Wildman–Crippen MR) is 73.1 cm³/mol. The summed E-state index contributed by atoms with van der Waals surface area (Å²) in [7, 11) is -3.85. The standard InChI is InChI=1S/C12H14N4O4S/c1-2-9(11-13-5-6-14-11)16-21(19,20)10-4-3-8(7-15-10)12(17)18/h3-7,9,16H,2H2,1H3,(H,13,14)(H,17,18). The van der Waals surface area contributed by atoms with Crippen LogP contribution in [0.5, 0.6) is 0 Å². The molecule has 3 N–H and O–H groups in total. The van der Waals surface area contributed by atoms with Crippen LogP contribution < -0.4 is 4.72 Å². The molecule has 0 aromatic carbocycles. The highest BCUT2D eigenvalue weighted by Gasteiger charge is 2.23. The van der Waals surface area contributed by atoms with E-state index < -0.39 is 22.0 Å². The van der Waals surface area contributed by atoms with Gasteiger partial charge in [0.05, 0.1) is 11.6 Å². The Morgan fingerprint density at radius 3 is 2.67 bits per heavy atom. The van der Waals surface area contributed by atoms with E-state index in [0.29, 0.717) is 12.2 Å². The minimum atomic E-state index is -3.85. The number of carboxylic acid groups (broad SMARTS) is 1. The van der Waals surface area contributed by atoms with Gasteiger partial charge in [-0.2, -0.15) is 4.72 Å². The normalized spacial score (nSPS) is 13.0. The van der Waals surface area contributed by atoms with Crippen LogP contribution in [0.1, 0.15) is 35.6 Å². The molecule has 2 aromatic rings. The molecule has 0 saturated heterocycles. The number of rotatable bonds is 6. The monoisotopic (exact) mass is 310 g/mol. The van der Waals surface area contributed by atoms with Crippen molar-refractivity contribution in [1.82, 2.24) is 19.7 Å². The van der Waals surface area contributed by atoms with E-state index in [0.717, 1.165) is 12.3 Å². The lowest BCUT2D eigenvalue weighted by Gasteiger charge is -2.14. The van der Waals surface area contributed by atoms with E-state index in [4.69, 9.17) is 5.11 Å². The van der Waals surface area contributed by atoms with Crippen LogP contribution in [0.4, 0.5) is 0 Å². The second-order valence-corrected chi connectivity index (χ2v) is 5.91. The number of carbonyl (C=O) groups is 1. The average molecular weight is 310 g/mol. The molecular formula is C12H14N4O4S. The molecule has 8 nitrogen and oxygen atoms in total. The number of hydrogen-bond donors (Lipinski definition) is 3. The number of aromatic amines is 1. The lowest BCUT2D eigenvalue weighted by atomic mass is 10.2. The molecule has 0 amide bonds. The zero-order chi connectivity index (χ0) is 15.5. The van der Waals surface area contributed by atoms with E-state index in [9.17, 15) is 13.2 Å². The fourth-order valence-electron chi connectivity index (χ4n) is 1.71. The van der Waals surface area contributed by atoms with Gasteiger partial charge in [0.25, 0.3) is 10.0 Å². The maximum Gasteiger partial charge on any atom is 0.337 e. The van der Waals surface area contributed by atoms with Crippen LogP contribution in [-0.2, 0) is 10.0 Å². The molecule has 21 heavy (non-hydrogen) atoms. The second-order valence-electron chi connectivity index (χ2n) is 4.25. The largest absolute Gasteiger partial charge is 0.478 e. The molecule has 2 aromatic heterocycles. The summed E-state index contributed by atoms with van der Waals surface area (Å²) in [6.45, 7) is 1.82. The number of aromatic nitrogens is 3. The third-order valence-corrected chi connectivity index (χ3v) is 4.20. The number of H-pyrrole nitrogens is 1. The first-order valence-electron chi connectivity index (χ1n) is 6.15. The van der Waals surface area contributed by atoms with E-state index in [1.165, 1.54) is 12.3 Å². The molecule has 9 heteroatoms. The van der Waals surface area contributed by atoms with Gasteiger partial charge < -0.3 is 10.1 Å². The van der Waals surface area contributed by atoms with Crippen molar-refractivity contribution < 1.29 is 18.3 Å². The Bertz CT molecular complexity index is 710. The third kappa shape index (κ3) is 3.44. The van der Waals surface area contributed by atoms with Crippen molar-refractivity contribution in [2.24, 2.45) is 0 Å². The lowest BCUT2D eigenvalue weighted by molar-refractivity contribution is 0.0696. The van der Waals surface area contributed by atoms with Crippen molar-refractivity contribution in [3.8, 4) is 0 Å². The zero-order valence-electron chi connectivity index (χ0n) is 11.1. The summed E-state index contributed by atoms with van der Waals surface area (Å²) in [6.07, 6.45) is 4.64. The minimum absolute atomic E-state index is 0.0768. The van der Waals surface area contributed by atoms with Gasteiger partial charge in [-0.15, -0.1) is 0 Å². The summed E-state index contributed by atoms with van der Waals surface area (Å²) in [6, 6.07) is 1.84. The number of aromatic carboxylic acids is 1. The molecule has 0 radical (unpaired) electrons.